The van der Waals surface area contributed by atoms with Crippen LogP contribution in [0.4, 0.5) is 11.4 Å². The summed E-state index contributed by atoms with van der Waals surface area (Å²) in [5.74, 6) is 0.0978. The van der Waals surface area contributed by atoms with Gasteiger partial charge in [0.05, 0.1) is 11.4 Å². The normalized spacial score (nSPS) is 16.5. The Hall–Kier alpha value is -2.29. The van der Waals surface area contributed by atoms with Crippen molar-refractivity contribution in [3.05, 3.63) is 58.1 Å². The van der Waals surface area contributed by atoms with E-state index in [-0.39, 0.29) is 11.9 Å². The summed E-state index contributed by atoms with van der Waals surface area (Å²) in [4.78, 5) is 15.2. The molecule has 3 rings (SSSR count). The average Bonchev–Trinajstić information content (AvgIpc) is 2.56. The molecule has 1 amide bonds. The molecule has 0 saturated carbocycles. The second-order valence-corrected chi connectivity index (χ2v) is 6.94. The first-order valence-corrected chi connectivity index (χ1v) is 8.67. The first kappa shape index (κ1) is 16.6. The fraction of sp³-hybridized carbons (Fsp3) is 0.381. The number of amides is 1. The number of benzene rings is 2. The van der Waals surface area contributed by atoms with Crippen LogP contribution in [0.5, 0.6) is 0 Å². The van der Waals surface area contributed by atoms with Gasteiger partial charge in [0.15, 0.2) is 0 Å². The molecule has 0 fully saturated rings. The summed E-state index contributed by atoms with van der Waals surface area (Å²) in [5, 5.41) is 3.58. The van der Waals surface area contributed by atoms with Gasteiger partial charge in [-0.1, -0.05) is 24.6 Å². The predicted molar refractivity (Wildman–Crippen MR) is 101 cm³/mol. The fourth-order valence-electron chi connectivity index (χ4n) is 3.26. The molecular formula is C21H26N2O. The Bertz CT molecular complexity index is 795. The largest absolute Gasteiger partial charge is 0.379 e. The lowest BCUT2D eigenvalue weighted by Gasteiger charge is -2.36. The lowest BCUT2D eigenvalue weighted by molar-refractivity contribution is 0.0984. The molecule has 0 aromatic heterocycles. The molecule has 0 saturated heterocycles. The van der Waals surface area contributed by atoms with Crippen molar-refractivity contribution >= 4 is 17.3 Å². The van der Waals surface area contributed by atoms with Gasteiger partial charge >= 0.3 is 0 Å². The topological polar surface area (TPSA) is 32.3 Å². The summed E-state index contributed by atoms with van der Waals surface area (Å²) in [6.07, 6.45) is 0.989. The number of rotatable bonds is 2. The van der Waals surface area contributed by atoms with E-state index in [0.29, 0.717) is 6.54 Å². The second kappa shape index (κ2) is 6.31. The number of hydrogen-bond donors (Lipinski definition) is 1. The van der Waals surface area contributed by atoms with Crippen molar-refractivity contribution in [2.45, 2.75) is 47.1 Å². The van der Waals surface area contributed by atoms with Crippen molar-refractivity contribution in [1.29, 1.82) is 0 Å². The molecule has 2 aromatic rings. The van der Waals surface area contributed by atoms with Gasteiger partial charge in [-0.05, 0) is 69.0 Å². The van der Waals surface area contributed by atoms with E-state index in [1.807, 2.05) is 30.9 Å². The van der Waals surface area contributed by atoms with Crippen LogP contribution in [-0.4, -0.2) is 18.5 Å². The highest BCUT2D eigenvalue weighted by Crippen LogP contribution is 2.35. The quantitative estimate of drug-likeness (QED) is 0.863. The van der Waals surface area contributed by atoms with Crippen LogP contribution >= 0.6 is 0 Å². The number of carbonyl (C=O) groups is 1. The number of hydrogen-bond acceptors (Lipinski definition) is 2. The Labute approximate surface area is 144 Å². The summed E-state index contributed by atoms with van der Waals surface area (Å²) in [6.45, 7) is 11.1. The molecule has 2 aromatic carbocycles. The Morgan fingerprint density at radius 2 is 1.79 bits per heavy atom. The Morgan fingerprint density at radius 1 is 1.08 bits per heavy atom. The Balaban J connectivity index is 2.08. The zero-order valence-corrected chi connectivity index (χ0v) is 15.2. The number of fused-ring (bicyclic) bond motifs is 1. The number of anilines is 2. The molecule has 1 heterocycles. The molecule has 0 spiro atoms. The minimum Gasteiger partial charge on any atom is -0.379 e. The van der Waals surface area contributed by atoms with E-state index in [1.165, 1.54) is 11.1 Å². The molecule has 1 atom stereocenters. The third-order valence-corrected chi connectivity index (χ3v) is 5.03. The minimum absolute atomic E-state index is 0.0978. The standard InChI is InChI=1S/C21H26N2O/c1-6-17-12-23(20-11-16(5)15(4)10-19(20)22-17)21(24)18-9-13(2)7-8-14(18)3/h7-11,17,22H,6,12H2,1-5H3. The molecule has 1 aliphatic rings. The van der Waals surface area contributed by atoms with Crippen LogP contribution in [-0.2, 0) is 0 Å². The highest BCUT2D eigenvalue weighted by molar-refractivity contribution is 6.09. The van der Waals surface area contributed by atoms with E-state index in [4.69, 9.17) is 0 Å². The van der Waals surface area contributed by atoms with Crippen molar-refractivity contribution in [3.8, 4) is 0 Å². The van der Waals surface area contributed by atoms with Gasteiger partial charge in [-0.2, -0.15) is 0 Å². The van der Waals surface area contributed by atoms with Crippen LogP contribution in [0, 0.1) is 27.7 Å². The van der Waals surface area contributed by atoms with Crippen molar-refractivity contribution in [3.63, 3.8) is 0 Å². The van der Waals surface area contributed by atoms with E-state index in [9.17, 15) is 4.79 Å². The van der Waals surface area contributed by atoms with Gasteiger partial charge < -0.3 is 10.2 Å². The molecule has 3 heteroatoms. The summed E-state index contributed by atoms with van der Waals surface area (Å²) in [5.41, 5.74) is 7.47. The fourth-order valence-corrected chi connectivity index (χ4v) is 3.26. The van der Waals surface area contributed by atoms with E-state index in [0.717, 1.165) is 34.5 Å². The SMILES string of the molecule is CCC1CN(C(=O)c2cc(C)ccc2C)c2cc(C)c(C)cc2N1. The smallest absolute Gasteiger partial charge is 0.258 e. The van der Waals surface area contributed by atoms with E-state index < -0.39 is 0 Å². The van der Waals surface area contributed by atoms with Gasteiger partial charge in [0, 0.05) is 18.2 Å². The van der Waals surface area contributed by atoms with Gasteiger partial charge in [0.2, 0.25) is 0 Å². The monoisotopic (exact) mass is 322 g/mol. The molecule has 0 radical (unpaired) electrons. The number of aryl methyl sites for hydroxylation is 4. The highest BCUT2D eigenvalue weighted by Gasteiger charge is 2.29. The third kappa shape index (κ3) is 2.91. The molecule has 126 valence electrons. The van der Waals surface area contributed by atoms with Crippen molar-refractivity contribution in [2.75, 3.05) is 16.8 Å². The van der Waals surface area contributed by atoms with Gasteiger partial charge in [-0.3, -0.25) is 4.79 Å². The van der Waals surface area contributed by atoms with Crippen LogP contribution in [0.25, 0.3) is 0 Å². The summed E-state index contributed by atoms with van der Waals surface area (Å²) in [6, 6.07) is 10.7. The van der Waals surface area contributed by atoms with Crippen molar-refractivity contribution < 1.29 is 4.79 Å². The predicted octanol–water partition coefficient (Wildman–Crippen LogP) is 4.77. The lowest BCUT2D eigenvalue weighted by Crippen LogP contribution is -2.44. The highest BCUT2D eigenvalue weighted by atomic mass is 16.2. The van der Waals surface area contributed by atoms with Gasteiger partial charge in [0.25, 0.3) is 5.91 Å². The van der Waals surface area contributed by atoms with Crippen LogP contribution < -0.4 is 10.2 Å². The molecule has 0 aliphatic carbocycles. The third-order valence-electron chi connectivity index (χ3n) is 5.03. The van der Waals surface area contributed by atoms with E-state index >= 15 is 0 Å². The number of nitrogens with one attached hydrogen (secondary N) is 1. The maximum absolute atomic E-state index is 13.3. The second-order valence-electron chi connectivity index (χ2n) is 6.94. The number of carbonyl (C=O) groups excluding carboxylic acids is 1. The summed E-state index contributed by atoms with van der Waals surface area (Å²) >= 11 is 0. The average molecular weight is 322 g/mol. The van der Waals surface area contributed by atoms with Crippen molar-refractivity contribution in [2.24, 2.45) is 0 Å². The molecule has 1 N–H and O–H groups in total. The van der Waals surface area contributed by atoms with Crippen molar-refractivity contribution in [1.82, 2.24) is 0 Å². The van der Waals surface area contributed by atoms with E-state index in [1.54, 1.807) is 0 Å². The first-order valence-electron chi connectivity index (χ1n) is 8.67. The van der Waals surface area contributed by atoms with Crippen LogP contribution in [0.15, 0.2) is 30.3 Å². The Morgan fingerprint density at radius 3 is 2.50 bits per heavy atom. The van der Waals surface area contributed by atoms with Crippen LogP contribution in [0.3, 0.4) is 0 Å². The number of nitrogens with zero attached hydrogens (tertiary/aromatic N) is 1. The molecule has 0 bridgehead atoms. The van der Waals surface area contributed by atoms with E-state index in [2.05, 4.69) is 44.3 Å². The Kier molecular flexibility index (Phi) is 4.35. The lowest BCUT2D eigenvalue weighted by atomic mass is 9.99. The van der Waals surface area contributed by atoms with Crippen LogP contribution in [0.1, 0.15) is 46.0 Å². The maximum atomic E-state index is 13.3. The van der Waals surface area contributed by atoms with Gasteiger partial charge in [0.1, 0.15) is 0 Å². The molecular weight excluding hydrogens is 296 g/mol. The summed E-state index contributed by atoms with van der Waals surface area (Å²) < 4.78 is 0. The maximum Gasteiger partial charge on any atom is 0.258 e. The molecule has 1 unspecified atom stereocenters. The summed E-state index contributed by atoms with van der Waals surface area (Å²) in [7, 11) is 0. The van der Waals surface area contributed by atoms with Gasteiger partial charge in [-0.25, -0.2) is 0 Å². The zero-order chi connectivity index (χ0) is 17.4. The van der Waals surface area contributed by atoms with Gasteiger partial charge in [-0.15, -0.1) is 0 Å². The van der Waals surface area contributed by atoms with Crippen LogP contribution in [0.2, 0.25) is 0 Å². The molecule has 24 heavy (non-hydrogen) atoms. The zero-order valence-electron chi connectivity index (χ0n) is 15.2. The first-order chi connectivity index (χ1) is 11.4. The minimum atomic E-state index is 0.0978. The molecule has 3 nitrogen and oxygen atoms in total. The molecule has 1 aliphatic heterocycles.